The lowest BCUT2D eigenvalue weighted by Crippen LogP contribution is -2.39. The number of rotatable bonds is 0. The highest BCUT2D eigenvalue weighted by atomic mass is 35.5. The molecule has 5 heteroatoms. The molecule has 2 atom stereocenters. The second kappa shape index (κ2) is 2.48. The van der Waals surface area contributed by atoms with Gasteiger partial charge >= 0.3 is 0 Å². The normalized spacial score (nSPS) is 33.0. The van der Waals surface area contributed by atoms with E-state index in [9.17, 15) is 0 Å². The van der Waals surface area contributed by atoms with Crippen LogP contribution in [0.5, 0.6) is 0 Å². The smallest absolute Gasteiger partial charge is 0.166 e. The Morgan fingerprint density at radius 3 is 3.00 bits per heavy atom. The number of fused-ring (bicyclic) bond motifs is 1. The molecule has 0 aliphatic carbocycles. The third-order valence-electron chi connectivity index (χ3n) is 2.06. The molecule has 0 aromatic carbocycles. The van der Waals surface area contributed by atoms with Crippen LogP contribution >= 0.6 is 11.8 Å². The first kappa shape index (κ1) is 7.61. The van der Waals surface area contributed by atoms with E-state index in [0.29, 0.717) is 0 Å². The van der Waals surface area contributed by atoms with E-state index in [1.807, 2.05) is 11.9 Å². The van der Waals surface area contributed by atoms with Crippen LogP contribution in [0.25, 0.3) is 0 Å². The number of hydrogen-bond donors (Lipinski definition) is 0. The van der Waals surface area contributed by atoms with E-state index in [0.717, 1.165) is 5.70 Å². The van der Waals surface area contributed by atoms with Crippen LogP contribution in [0.2, 0.25) is 0 Å². The lowest BCUT2D eigenvalue weighted by Gasteiger charge is -2.29. The van der Waals surface area contributed by atoms with Crippen LogP contribution in [-0.2, 0) is 0 Å². The lowest BCUT2D eigenvalue weighted by atomic mass is 10.1. The molecule has 0 spiro atoms. The summed E-state index contributed by atoms with van der Waals surface area (Å²) >= 11 is 5.81. The first-order chi connectivity index (χ1) is 5.70. The Bertz CT molecular complexity index is 273. The molecule has 0 aromatic rings. The van der Waals surface area contributed by atoms with Crippen molar-refractivity contribution >= 4 is 24.5 Å². The van der Waals surface area contributed by atoms with E-state index in [1.165, 1.54) is 4.42 Å². The Morgan fingerprint density at radius 2 is 2.25 bits per heavy atom. The zero-order valence-corrected chi connectivity index (χ0v) is 7.44. The summed E-state index contributed by atoms with van der Waals surface area (Å²) in [7, 11) is 1.90. The van der Waals surface area contributed by atoms with Crippen molar-refractivity contribution < 1.29 is 0 Å². The molecule has 12 heavy (non-hydrogen) atoms. The van der Waals surface area contributed by atoms with Crippen molar-refractivity contribution in [3.8, 4) is 0 Å². The molecule has 0 saturated heterocycles. The van der Waals surface area contributed by atoms with E-state index in [-0.39, 0.29) is 12.2 Å². The van der Waals surface area contributed by atoms with Gasteiger partial charge in [0, 0.05) is 24.5 Å². The first-order valence-electron chi connectivity index (χ1n) is 3.62. The summed E-state index contributed by atoms with van der Waals surface area (Å²) < 4.78 is 1.47. The minimum atomic E-state index is -0.102. The van der Waals surface area contributed by atoms with Gasteiger partial charge in [0.25, 0.3) is 0 Å². The van der Waals surface area contributed by atoms with Crippen molar-refractivity contribution in [3.05, 3.63) is 12.3 Å². The molecule has 64 valence electrons. The molecule has 0 fully saturated rings. The van der Waals surface area contributed by atoms with E-state index < -0.39 is 0 Å². The molecule has 0 N–H and O–H groups in total. The average molecular weight is 185 g/mol. The van der Waals surface area contributed by atoms with Crippen LogP contribution in [0, 0.1) is 0 Å². The van der Waals surface area contributed by atoms with Gasteiger partial charge in [-0.3, -0.25) is 4.99 Å². The van der Waals surface area contributed by atoms with Gasteiger partial charge in [-0.05, 0) is 0 Å². The van der Waals surface area contributed by atoms with Gasteiger partial charge in [-0.25, -0.2) is 9.41 Å². The monoisotopic (exact) mass is 184 g/mol. The summed E-state index contributed by atoms with van der Waals surface area (Å²) in [5.41, 5.74) is 0.925. The average Bonchev–Trinajstić information content (AvgIpc) is 2.41. The fourth-order valence-electron chi connectivity index (χ4n) is 1.27. The highest BCUT2D eigenvalue weighted by Gasteiger charge is 2.35. The Balaban J connectivity index is 2.31. The second-order valence-corrected chi connectivity index (χ2v) is 3.22. The van der Waals surface area contributed by atoms with Gasteiger partial charge in [0.1, 0.15) is 12.4 Å². The standard InChI is InChI=1S/C7H9ClN4/c1-5-6-7(10-3-11(5)2)12(8)4-9-6/h3-4,6-7H,1H2,2H3. The maximum Gasteiger partial charge on any atom is 0.166 e. The van der Waals surface area contributed by atoms with Crippen molar-refractivity contribution in [2.75, 3.05) is 7.05 Å². The highest BCUT2D eigenvalue weighted by Crippen LogP contribution is 2.25. The number of aliphatic imine (C=N–C) groups is 2. The molecule has 0 amide bonds. The van der Waals surface area contributed by atoms with E-state index in [1.54, 1.807) is 12.7 Å². The number of likely N-dealkylation sites (N-methyl/N-ethyl adjacent to an activating group) is 1. The fraction of sp³-hybridized carbons (Fsp3) is 0.429. The maximum atomic E-state index is 5.81. The van der Waals surface area contributed by atoms with Gasteiger partial charge in [0.2, 0.25) is 0 Å². The minimum absolute atomic E-state index is 0.0162. The van der Waals surface area contributed by atoms with E-state index in [4.69, 9.17) is 11.8 Å². The van der Waals surface area contributed by atoms with Gasteiger partial charge in [-0.2, -0.15) is 0 Å². The molecule has 0 saturated carbocycles. The molecule has 2 heterocycles. The van der Waals surface area contributed by atoms with Crippen molar-refractivity contribution in [2.24, 2.45) is 9.98 Å². The quantitative estimate of drug-likeness (QED) is 0.518. The second-order valence-electron chi connectivity index (χ2n) is 2.83. The Kier molecular flexibility index (Phi) is 1.58. The van der Waals surface area contributed by atoms with Crippen LogP contribution in [-0.4, -0.2) is 41.3 Å². The van der Waals surface area contributed by atoms with Gasteiger partial charge in [0.15, 0.2) is 6.17 Å². The lowest BCUT2D eigenvalue weighted by molar-refractivity contribution is 0.406. The van der Waals surface area contributed by atoms with Gasteiger partial charge < -0.3 is 4.90 Å². The topological polar surface area (TPSA) is 31.2 Å². The van der Waals surface area contributed by atoms with Crippen LogP contribution in [0.15, 0.2) is 22.3 Å². The Morgan fingerprint density at radius 1 is 1.50 bits per heavy atom. The summed E-state index contributed by atoms with van der Waals surface area (Å²) in [6.07, 6.45) is 3.20. The number of nitrogens with zero attached hydrogens (tertiary/aromatic N) is 4. The molecule has 2 rings (SSSR count). The molecular formula is C7H9ClN4. The molecule has 0 bridgehead atoms. The summed E-state index contributed by atoms with van der Waals surface area (Å²) in [5, 5.41) is 0. The van der Waals surface area contributed by atoms with Crippen LogP contribution in [0.3, 0.4) is 0 Å². The van der Waals surface area contributed by atoms with Gasteiger partial charge in [0.05, 0.1) is 6.34 Å². The molecular weight excluding hydrogens is 176 g/mol. The minimum Gasteiger partial charge on any atom is -0.338 e. The predicted molar refractivity (Wildman–Crippen MR) is 49.2 cm³/mol. The fourth-order valence-corrected chi connectivity index (χ4v) is 1.48. The van der Waals surface area contributed by atoms with Gasteiger partial charge in [-0.1, -0.05) is 6.58 Å². The number of hydrogen-bond acceptors (Lipinski definition) is 4. The predicted octanol–water partition coefficient (Wildman–Crippen LogP) is 0.666. The van der Waals surface area contributed by atoms with Crippen molar-refractivity contribution in [1.82, 2.24) is 9.32 Å². The zero-order valence-electron chi connectivity index (χ0n) is 6.68. The van der Waals surface area contributed by atoms with Crippen LogP contribution < -0.4 is 0 Å². The summed E-state index contributed by atoms with van der Waals surface area (Å²) in [6, 6.07) is -0.0162. The number of halogens is 1. The summed E-state index contributed by atoms with van der Waals surface area (Å²) in [5.74, 6) is 0. The first-order valence-corrected chi connectivity index (χ1v) is 3.96. The Hall–Kier alpha value is -1.03. The molecule has 0 radical (unpaired) electrons. The van der Waals surface area contributed by atoms with Crippen molar-refractivity contribution in [2.45, 2.75) is 12.2 Å². The van der Waals surface area contributed by atoms with Crippen molar-refractivity contribution in [3.63, 3.8) is 0 Å². The largest absolute Gasteiger partial charge is 0.338 e. The maximum absolute atomic E-state index is 5.81. The molecule has 2 aliphatic heterocycles. The highest BCUT2D eigenvalue weighted by molar-refractivity contribution is 6.19. The molecule has 0 aromatic heterocycles. The summed E-state index contributed by atoms with van der Waals surface area (Å²) in [6.45, 7) is 3.91. The molecule has 2 aliphatic rings. The summed E-state index contributed by atoms with van der Waals surface area (Å²) in [4.78, 5) is 10.3. The van der Waals surface area contributed by atoms with Gasteiger partial charge in [-0.15, -0.1) is 0 Å². The van der Waals surface area contributed by atoms with Crippen molar-refractivity contribution in [1.29, 1.82) is 0 Å². The van der Waals surface area contributed by atoms with Crippen LogP contribution in [0.1, 0.15) is 0 Å². The Labute approximate surface area is 76.0 Å². The van der Waals surface area contributed by atoms with E-state index in [2.05, 4.69) is 16.6 Å². The zero-order chi connectivity index (χ0) is 8.72. The molecule has 4 nitrogen and oxygen atoms in total. The third kappa shape index (κ3) is 0.914. The molecule has 2 unspecified atom stereocenters. The SMILES string of the molecule is C=C1C2N=CN(Cl)C2N=CN1C. The van der Waals surface area contributed by atoms with E-state index >= 15 is 0 Å². The van der Waals surface area contributed by atoms with Crippen LogP contribution in [0.4, 0.5) is 0 Å². The third-order valence-corrected chi connectivity index (χ3v) is 2.35.